The highest BCUT2D eigenvalue weighted by Gasteiger charge is 2.24. The average Bonchev–Trinajstić information content (AvgIpc) is 3.07. The molecule has 0 radical (unpaired) electrons. The first-order chi connectivity index (χ1) is 13.5. The first kappa shape index (κ1) is 23.3. The van der Waals surface area contributed by atoms with Gasteiger partial charge in [0.15, 0.2) is 5.96 Å². The third-order valence-corrected chi connectivity index (χ3v) is 4.35. The van der Waals surface area contributed by atoms with Crippen LogP contribution in [0.2, 0.25) is 0 Å². The van der Waals surface area contributed by atoms with Gasteiger partial charge in [0.2, 0.25) is 0 Å². The van der Waals surface area contributed by atoms with E-state index in [9.17, 15) is 9.50 Å². The van der Waals surface area contributed by atoms with Crippen LogP contribution in [0.1, 0.15) is 37.5 Å². The van der Waals surface area contributed by atoms with Gasteiger partial charge in [-0.2, -0.15) is 5.10 Å². The molecule has 0 saturated heterocycles. The Balaban J connectivity index is 0.00000300. The van der Waals surface area contributed by atoms with Crippen molar-refractivity contribution in [2.24, 2.45) is 4.99 Å². The smallest absolute Gasteiger partial charge is 0.191 e. The van der Waals surface area contributed by atoms with Crippen molar-refractivity contribution in [2.45, 2.75) is 45.4 Å². The summed E-state index contributed by atoms with van der Waals surface area (Å²) in [6.45, 7) is 5.70. The highest BCUT2D eigenvalue weighted by atomic mass is 127. The number of fused-ring (bicyclic) bond motifs is 1. The Morgan fingerprint density at radius 1 is 1.41 bits per heavy atom. The Kier molecular flexibility index (Phi) is 9.08. The van der Waals surface area contributed by atoms with Crippen molar-refractivity contribution in [3.63, 3.8) is 0 Å². The molecule has 1 aromatic carbocycles. The minimum absolute atomic E-state index is 0. The fourth-order valence-corrected chi connectivity index (χ4v) is 3.06. The summed E-state index contributed by atoms with van der Waals surface area (Å²) >= 11 is 0. The number of benzene rings is 1. The van der Waals surface area contributed by atoms with E-state index in [4.69, 9.17) is 4.74 Å². The van der Waals surface area contributed by atoms with Crippen LogP contribution in [0, 0.1) is 12.7 Å². The number of aliphatic hydroxyl groups excluding tert-OH is 1. The number of ether oxygens (including phenoxy) is 1. The molecular formula is C19H28FIN6O2. The van der Waals surface area contributed by atoms with Crippen molar-refractivity contribution in [2.75, 3.05) is 19.7 Å². The Bertz CT molecular complexity index is 798. The van der Waals surface area contributed by atoms with E-state index in [-0.39, 0.29) is 49.0 Å². The second-order valence-electron chi connectivity index (χ2n) is 6.72. The standard InChI is InChI=1S/C19H27FN6O2.HI/c1-3-21-19(24-17-5-4-10-26-18(17)23-13(2)25-26)22-11-15(27)12-28-16-8-6-14(20)7-9-16;/h6-9,15,17,27H,3-5,10-12H2,1-2H3,(H2,21,22,24);1H. The Hall–Kier alpha value is -1.95. The van der Waals surface area contributed by atoms with Gasteiger partial charge in [-0.3, -0.25) is 4.99 Å². The van der Waals surface area contributed by atoms with E-state index in [1.807, 2.05) is 18.5 Å². The Morgan fingerprint density at radius 2 is 2.17 bits per heavy atom. The van der Waals surface area contributed by atoms with Crippen molar-refractivity contribution in [3.05, 3.63) is 41.7 Å². The number of nitrogens with one attached hydrogen (secondary N) is 2. The molecule has 0 aliphatic carbocycles. The van der Waals surface area contributed by atoms with Crippen LogP contribution in [-0.2, 0) is 6.54 Å². The molecule has 2 aromatic rings. The molecule has 160 valence electrons. The van der Waals surface area contributed by atoms with E-state index < -0.39 is 6.10 Å². The first-order valence-corrected chi connectivity index (χ1v) is 9.57. The largest absolute Gasteiger partial charge is 0.491 e. The lowest BCUT2D eigenvalue weighted by atomic mass is 10.1. The first-order valence-electron chi connectivity index (χ1n) is 9.57. The molecule has 3 rings (SSSR count). The van der Waals surface area contributed by atoms with Crippen LogP contribution >= 0.6 is 24.0 Å². The number of aromatic nitrogens is 3. The van der Waals surface area contributed by atoms with Crippen LogP contribution in [-0.4, -0.2) is 51.6 Å². The second kappa shape index (κ2) is 11.3. The number of aliphatic imine (C=N–C) groups is 1. The number of guanidine groups is 1. The van der Waals surface area contributed by atoms with Gasteiger partial charge in [0.05, 0.1) is 12.6 Å². The molecule has 29 heavy (non-hydrogen) atoms. The molecule has 1 aliphatic rings. The van der Waals surface area contributed by atoms with Gasteiger partial charge in [-0.1, -0.05) is 0 Å². The molecule has 8 nitrogen and oxygen atoms in total. The van der Waals surface area contributed by atoms with Gasteiger partial charge in [0, 0.05) is 13.1 Å². The highest BCUT2D eigenvalue weighted by molar-refractivity contribution is 14.0. The van der Waals surface area contributed by atoms with Crippen LogP contribution in [0.25, 0.3) is 0 Å². The van der Waals surface area contributed by atoms with Crippen LogP contribution in [0.4, 0.5) is 4.39 Å². The maximum Gasteiger partial charge on any atom is 0.191 e. The van der Waals surface area contributed by atoms with Crippen molar-refractivity contribution < 1.29 is 14.2 Å². The number of hydrogen-bond donors (Lipinski definition) is 3. The molecule has 0 bridgehead atoms. The van der Waals surface area contributed by atoms with Crippen LogP contribution in [0.5, 0.6) is 5.75 Å². The summed E-state index contributed by atoms with van der Waals surface area (Å²) in [6, 6.07) is 5.71. The normalized spacial score (nSPS) is 17.1. The van der Waals surface area contributed by atoms with E-state index in [2.05, 4.69) is 25.7 Å². The van der Waals surface area contributed by atoms with Gasteiger partial charge in [0.25, 0.3) is 0 Å². The summed E-state index contributed by atoms with van der Waals surface area (Å²) < 4.78 is 20.3. The SMILES string of the molecule is CCNC(=NCC(O)COc1ccc(F)cc1)NC1CCCn2nc(C)nc21.I. The molecule has 0 fully saturated rings. The summed E-state index contributed by atoms with van der Waals surface area (Å²) in [6.07, 6.45) is 1.18. The van der Waals surface area contributed by atoms with Crippen LogP contribution in [0.15, 0.2) is 29.3 Å². The van der Waals surface area contributed by atoms with Crippen molar-refractivity contribution in [1.82, 2.24) is 25.4 Å². The minimum atomic E-state index is -0.780. The minimum Gasteiger partial charge on any atom is -0.491 e. The van der Waals surface area contributed by atoms with E-state index >= 15 is 0 Å². The topological polar surface area (TPSA) is 96.6 Å². The van der Waals surface area contributed by atoms with E-state index in [0.29, 0.717) is 18.3 Å². The summed E-state index contributed by atoms with van der Waals surface area (Å²) in [5.74, 6) is 2.47. The molecule has 3 N–H and O–H groups in total. The maximum absolute atomic E-state index is 12.9. The lowest BCUT2D eigenvalue weighted by Crippen LogP contribution is -2.42. The Labute approximate surface area is 187 Å². The summed E-state index contributed by atoms with van der Waals surface area (Å²) in [7, 11) is 0. The maximum atomic E-state index is 12.9. The summed E-state index contributed by atoms with van der Waals surface area (Å²) in [5.41, 5.74) is 0. The monoisotopic (exact) mass is 518 g/mol. The highest BCUT2D eigenvalue weighted by Crippen LogP contribution is 2.22. The number of aliphatic hydroxyl groups is 1. The van der Waals surface area contributed by atoms with E-state index in [1.165, 1.54) is 24.3 Å². The van der Waals surface area contributed by atoms with Gasteiger partial charge in [-0.05, 0) is 51.0 Å². The number of nitrogens with zero attached hydrogens (tertiary/aromatic N) is 4. The molecule has 2 heterocycles. The molecule has 1 aromatic heterocycles. The molecule has 0 saturated carbocycles. The number of rotatable bonds is 7. The summed E-state index contributed by atoms with van der Waals surface area (Å²) in [4.78, 5) is 8.98. The lowest BCUT2D eigenvalue weighted by Gasteiger charge is -2.25. The predicted octanol–water partition coefficient (Wildman–Crippen LogP) is 2.17. The fourth-order valence-electron chi connectivity index (χ4n) is 3.06. The lowest BCUT2D eigenvalue weighted by molar-refractivity contribution is 0.114. The number of hydrogen-bond acceptors (Lipinski definition) is 5. The third kappa shape index (κ3) is 6.81. The van der Waals surface area contributed by atoms with Crippen LogP contribution in [0.3, 0.4) is 0 Å². The molecule has 1 aliphatic heterocycles. The third-order valence-electron chi connectivity index (χ3n) is 4.35. The number of halogens is 2. The zero-order chi connectivity index (χ0) is 19.9. The van der Waals surface area contributed by atoms with Gasteiger partial charge < -0.3 is 20.5 Å². The molecule has 2 unspecified atom stereocenters. The zero-order valence-corrected chi connectivity index (χ0v) is 19.0. The van der Waals surface area contributed by atoms with Gasteiger partial charge in [-0.25, -0.2) is 14.1 Å². The molecular weight excluding hydrogens is 490 g/mol. The van der Waals surface area contributed by atoms with Gasteiger partial charge in [0.1, 0.15) is 35.9 Å². The van der Waals surface area contributed by atoms with Crippen molar-refractivity contribution in [1.29, 1.82) is 0 Å². The molecule has 0 amide bonds. The Morgan fingerprint density at radius 3 is 2.90 bits per heavy atom. The molecule has 2 atom stereocenters. The van der Waals surface area contributed by atoms with Gasteiger partial charge in [-0.15, -0.1) is 24.0 Å². The number of aryl methyl sites for hydroxylation is 2. The van der Waals surface area contributed by atoms with E-state index in [0.717, 1.165) is 31.0 Å². The molecule has 10 heteroatoms. The summed E-state index contributed by atoms with van der Waals surface area (Å²) in [5, 5.41) is 21.1. The van der Waals surface area contributed by atoms with Crippen molar-refractivity contribution >= 4 is 29.9 Å². The quantitative estimate of drug-likeness (QED) is 0.296. The van der Waals surface area contributed by atoms with E-state index in [1.54, 1.807) is 0 Å². The zero-order valence-electron chi connectivity index (χ0n) is 16.6. The average molecular weight is 518 g/mol. The predicted molar refractivity (Wildman–Crippen MR) is 119 cm³/mol. The van der Waals surface area contributed by atoms with Crippen LogP contribution < -0.4 is 15.4 Å². The van der Waals surface area contributed by atoms with Gasteiger partial charge >= 0.3 is 0 Å². The molecule has 0 spiro atoms. The fraction of sp³-hybridized carbons (Fsp3) is 0.526. The van der Waals surface area contributed by atoms with Crippen molar-refractivity contribution in [3.8, 4) is 5.75 Å². The second-order valence-corrected chi connectivity index (χ2v) is 6.72.